The lowest BCUT2D eigenvalue weighted by Gasteiger charge is -2.12. The van der Waals surface area contributed by atoms with Crippen LogP contribution in [0.4, 0.5) is 11.4 Å². The van der Waals surface area contributed by atoms with Crippen molar-refractivity contribution < 1.29 is 9.72 Å². The number of nitrogens with one attached hydrogen (secondary N) is 1. The second-order valence-corrected chi connectivity index (χ2v) is 4.82. The topological polar surface area (TPSA) is 75.5 Å². The minimum absolute atomic E-state index is 0.0401. The number of anilines is 1. The summed E-state index contributed by atoms with van der Waals surface area (Å²) in [5, 5.41) is 13.8. The van der Waals surface area contributed by atoms with Gasteiger partial charge in [0.05, 0.1) is 20.7 Å². The molecular formula is C11H13Cl2N3O3. The zero-order valence-electron chi connectivity index (χ0n) is 10.4. The van der Waals surface area contributed by atoms with Crippen LogP contribution in [-0.4, -0.2) is 36.4 Å². The van der Waals surface area contributed by atoms with Gasteiger partial charge >= 0.3 is 0 Å². The molecule has 0 fully saturated rings. The van der Waals surface area contributed by atoms with E-state index in [9.17, 15) is 14.9 Å². The van der Waals surface area contributed by atoms with Gasteiger partial charge in [-0.15, -0.1) is 0 Å². The van der Waals surface area contributed by atoms with E-state index in [0.717, 1.165) is 0 Å². The number of carbonyl (C=O) groups excluding carboxylic acids is 1. The van der Waals surface area contributed by atoms with Gasteiger partial charge in [-0.2, -0.15) is 0 Å². The fourth-order valence-electron chi connectivity index (χ4n) is 1.35. The average Bonchev–Trinajstić information content (AvgIpc) is 2.31. The summed E-state index contributed by atoms with van der Waals surface area (Å²) in [5.74, 6) is -0.0401. The van der Waals surface area contributed by atoms with Gasteiger partial charge in [-0.25, -0.2) is 0 Å². The van der Waals surface area contributed by atoms with Crippen LogP contribution in [0.5, 0.6) is 0 Å². The lowest BCUT2D eigenvalue weighted by atomic mass is 10.2. The minimum Gasteiger partial charge on any atom is -0.382 e. The Morgan fingerprint density at radius 3 is 2.32 bits per heavy atom. The Morgan fingerprint density at radius 2 is 1.89 bits per heavy atom. The molecule has 0 aliphatic heterocycles. The average molecular weight is 306 g/mol. The van der Waals surface area contributed by atoms with Crippen LogP contribution in [0.1, 0.15) is 6.42 Å². The van der Waals surface area contributed by atoms with Crippen molar-refractivity contribution >= 4 is 40.5 Å². The number of rotatable bonds is 5. The molecule has 1 rings (SSSR count). The van der Waals surface area contributed by atoms with Gasteiger partial charge in [0.25, 0.3) is 5.69 Å². The van der Waals surface area contributed by atoms with E-state index in [0.29, 0.717) is 12.2 Å². The molecule has 0 saturated heterocycles. The summed E-state index contributed by atoms with van der Waals surface area (Å²) in [6.07, 6.45) is 0.274. The first kappa shape index (κ1) is 15.5. The van der Waals surface area contributed by atoms with Crippen molar-refractivity contribution in [2.24, 2.45) is 0 Å². The van der Waals surface area contributed by atoms with Crippen molar-refractivity contribution in [3.8, 4) is 0 Å². The predicted octanol–water partition coefficient (Wildman–Crippen LogP) is 2.79. The van der Waals surface area contributed by atoms with Crippen LogP contribution < -0.4 is 5.32 Å². The van der Waals surface area contributed by atoms with Crippen molar-refractivity contribution in [2.75, 3.05) is 26.0 Å². The van der Waals surface area contributed by atoms with Crippen LogP contribution >= 0.6 is 23.2 Å². The van der Waals surface area contributed by atoms with E-state index in [-0.39, 0.29) is 28.1 Å². The Hall–Kier alpha value is -1.53. The zero-order valence-corrected chi connectivity index (χ0v) is 12.0. The molecule has 0 spiro atoms. The van der Waals surface area contributed by atoms with Crippen molar-refractivity contribution in [2.45, 2.75) is 6.42 Å². The Labute approximate surface area is 120 Å². The maximum atomic E-state index is 11.4. The fraction of sp³-hybridized carbons (Fsp3) is 0.364. The molecule has 1 N–H and O–H groups in total. The second-order valence-electron chi connectivity index (χ2n) is 4.01. The summed E-state index contributed by atoms with van der Waals surface area (Å²) >= 11 is 11.8. The van der Waals surface area contributed by atoms with Crippen LogP contribution in [-0.2, 0) is 4.79 Å². The van der Waals surface area contributed by atoms with Gasteiger partial charge in [-0.05, 0) is 0 Å². The number of benzene rings is 1. The molecule has 0 aromatic heterocycles. The van der Waals surface area contributed by atoms with E-state index in [1.54, 1.807) is 14.1 Å². The summed E-state index contributed by atoms with van der Waals surface area (Å²) in [6, 6.07) is 2.42. The maximum absolute atomic E-state index is 11.4. The number of carbonyl (C=O) groups is 1. The van der Waals surface area contributed by atoms with E-state index in [1.807, 2.05) is 0 Å². The van der Waals surface area contributed by atoms with Crippen molar-refractivity contribution in [3.63, 3.8) is 0 Å². The van der Waals surface area contributed by atoms with Gasteiger partial charge in [0.15, 0.2) is 0 Å². The summed E-state index contributed by atoms with van der Waals surface area (Å²) in [5.41, 5.74) is 0.213. The van der Waals surface area contributed by atoms with Crippen molar-refractivity contribution in [3.05, 3.63) is 32.3 Å². The molecule has 104 valence electrons. The van der Waals surface area contributed by atoms with Crippen LogP contribution in [0, 0.1) is 10.1 Å². The summed E-state index contributed by atoms with van der Waals surface area (Å²) in [6.45, 7) is 0.342. The number of amides is 1. The predicted molar refractivity (Wildman–Crippen MR) is 74.9 cm³/mol. The standard InChI is InChI=1S/C11H13Cl2N3O3/c1-15(2)10(17)3-4-14-11-8(12)5-7(16(18)19)6-9(11)13/h5-6,14H,3-4H2,1-2H3. The van der Waals surface area contributed by atoms with E-state index in [4.69, 9.17) is 23.2 Å². The smallest absolute Gasteiger partial charge is 0.272 e. The highest BCUT2D eigenvalue weighted by Crippen LogP contribution is 2.34. The normalized spacial score (nSPS) is 10.1. The Balaban J connectivity index is 2.74. The lowest BCUT2D eigenvalue weighted by Crippen LogP contribution is -2.24. The SMILES string of the molecule is CN(C)C(=O)CCNc1c(Cl)cc([N+](=O)[O-])cc1Cl. The highest BCUT2D eigenvalue weighted by Gasteiger charge is 2.14. The van der Waals surface area contributed by atoms with Crippen molar-refractivity contribution in [1.82, 2.24) is 4.90 Å². The molecule has 0 unspecified atom stereocenters. The monoisotopic (exact) mass is 305 g/mol. The van der Waals surface area contributed by atoms with E-state index in [2.05, 4.69) is 5.32 Å². The molecule has 1 aromatic carbocycles. The van der Waals surface area contributed by atoms with Gasteiger partial charge in [0.1, 0.15) is 0 Å². The molecule has 0 aliphatic carbocycles. The molecule has 6 nitrogen and oxygen atoms in total. The molecule has 8 heteroatoms. The van der Waals surface area contributed by atoms with Crippen LogP contribution in [0.15, 0.2) is 12.1 Å². The molecule has 1 amide bonds. The second kappa shape index (κ2) is 6.58. The van der Waals surface area contributed by atoms with Crippen LogP contribution in [0.25, 0.3) is 0 Å². The number of halogens is 2. The zero-order chi connectivity index (χ0) is 14.6. The summed E-state index contributed by atoms with van der Waals surface area (Å²) < 4.78 is 0. The van der Waals surface area contributed by atoms with Gasteiger partial charge in [0, 0.05) is 39.2 Å². The first-order chi connectivity index (χ1) is 8.82. The van der Waals surface area contributed by atoms with E-state index < -0.39 is 4.92 Å². The third-order valence-electron chi connectivity index (χ3n) is 2.38. The summed E-state index contributed by atoms with van der Waals surface area (Å²) in [7, 11) is 3.32. The Kier molecular flexibility index (Phi) is 5.38. The number of non-ortho nitro benzene ring substituents is 1. The van der Waals surface area contributed by atoms with Gasteiger partial charge < -0.3 is 10.2 Å². The van der Waals surface area contributed by atoms with Crippen molar-refractivity contribution in [1.29, 1.82) is 0 Å². The quantitative estimate of drug-likeness (QED) is 0.670. The fourth-order valence-corrected chi connectivity index (χ4v) is 1.96. The lowest BCUT2D eigenvalue weighted by molar-refractivity contribution is -0.384. The highest BCUT2D eigenvalue weighted by molar-refractivity contribution is 6.39. The number of nitro groups is 1. The number of hydrogen-bond acceptors (Lipinski definition) is 4. The molecule has 1 aromatic rings. The maximum Gasteiger partial charge on any atom is 0.272 e. The molecule has 0 atom stereocenters. The van der Waals surface area contributed by atoms with Gasteiger partial charge in [-0.3, -0.25) is 14.9 Å². The molecule has 0 bridgehead atoms. The molecule has 0 saturated carbocycles. The van der Waals surface area contributed by atoms with Gasteiger partial charge in [-0.1, -0.05) is 23.2 Å². The first-order valence-corrected chi connectivity index (χ1v) is 6.16. The third-order valence-corrected chi connectivity index (χ3v) is 2.97. The molecule has 0 aliphatic rings. The number of nitro benzene ring substituents is 1. The largest absolute Gasteiger partial charge is 0.382 e. The van der Waals surface area contributed by atoms with E-state index in [1.165, 1.54) is 17.0 Å². The molecule has 19 heavy (non-hydrogen) atoms. The molecule has 0 radical (unpaired) electrons. The molecular weight excluding hydrogens is 293 g/mol. The van der Waals surface area contributed by atoms with Crippen LogP contribution in [0.3, 0.4) is 0 Å². The molecule has 0 heterocycles. The first-order valence-electron chi connectivity index (χ1n) is 5.40. The number of nitrogens with zero attached hydrogens (tertiary/aromatic N) is 2. The number of hydrogen-bond donors (Lipinski definition) is 1. The minimum atomic E-state index is -0.572. The Morgan fingerprint density at radius 1 is 1.37 bits per heavy atom. The van der Waals surface area contributed by atoms with Gasteiger partial charge in [0.2, 0.25) is 5.91 Å². The third kappa shape index (κ3) is 4.25. The highest BCUT2D eigenvalue weighted by atomic mass is 35.5. The van der Waals surface area contributed by atoms with Crippen LogP contribution in [0.2, 0.25) is 10.0 Å². The Bertz CT molecular complexity index is 483. The summed E-state index contributed by atoms with van der Waals surface area (Å²) in [4.78, 5) is 22.9. The van der Waals surface area contributed by atoms with E-state index >= 15 is 0 Å².